The zero-order valence-electron chi connectivity index (χ0n) is 5.31. The van der Waals surface area contributed by atoms with E-state index in [9.17, 15) is 0 Å². The summed E-state index contributed by atoms with van der Waals surface area (Å²) in [6, 6.07) is 0. The quantitative estimate of drug-likeness (QED) is 0.402. The van der Waals surface area contributed by atoms with Gasteiger partial charge in [-0.25, -0.2) is 0 Å². The first kappa shape index (κ1) is 7.98. The second-order valence-electron chi connectivity index (χ2n) is 1.57. The first-order chi connectivity index (χ1) is 3.91. The molecule has 0 saturated heterocycles. The van der Waals surface area contributed by atoms with E-state index in [1.807, 2.05) is 0 Å². The molecule has 0 aromatic carbocycles. The van der Waals surface area contributed by atoms with Gasteiger partial charge in [-0.1, -0.05) is 6.92 Å². The highest BCUT2D eigenvalue weighted by Gasteiger charge is 1.80. The minimum absolute atomic E-state index is 0.713. The molecule has 0 aromatic heterocycles. The van der Waals surface area contributed by atoms with Gasteiger partial charge in [0.2, 0.25) is 0 Å². The Morgan fingerprint density at radius 2 is 2.25 bits per heavy atom. The van der Waals surface area contributed by atoms with E-state index in [1.54, 1.807) is 0 Å². The van der Waals surface area contributed by atoms with Gasteiger partial charge in [-0.15, -0.1) is 0 Å². The molecule has 46 valence electrons. The van der Waals surface area contributed by atoms with Crippen LogP contribution < -0.4 is 5.23 Å². The predicted molar refractivity (Wildman–Crippen MR) is 34.9 cm³/mol. The second kappa shape index (κ2) is 6.98. The summed E-state index contributed by atoms with van der Waals surface area (Å²) in [6.45, 7) is 4.36. The SMILES string of the molecule is [B]NCCOCCC. The zero-order chi connectivity index (χ0) is 6.24. The van der Waals surface area contributed by atoms with Gasteiger partial charge < -0.3 is 9.96 Å². The number of hydrogen-bond donors (Lipinski definition) is 1. The van der Waals surface area contributed by atoms with E-state index in [4.69, 9.17) is 12.7 Å². The second-order valence-corrected chi connectivity index (χ2v) is 1.57. The molecule has 0 aliphatic rings. The van der Waals surface area contributed by atoms with Gasteiger partial charge in [0.05, 0.1) is 6.61 Å². The van der Waals surface area contributed by atoms with Crippen molar-refractivity contribution < 1.29 is 4.74 Å². The van der Waals surface area contributed by atoms with Crippen molar-refractivity contribution in [1.82, 2.24) is 5.23 Å². The molecule has 2 nitrogen and oxygen atoms in total. The Labute approximate surface area is 52.0 Å². The molecule has 0 atom stereocenters. The van der Waals surface area contributed by atoms with Crippen LogP contribution in [0.3, 0.4) is 0 Å². The Hall–Kier alpha value is -0.0151. The molecule has 0 aliphatic heterocycles. The van der Waals surface area contributed by atoms with Crippen molar-refractivity contribution in [3.8, 4) is 0 Å². The number of ether oxygens (including phenoxy) is 1. The Morgan fingerprint density at radius 1 is 1.50 bits per heavy atom. The smallest absolute Gasteiger partial charge is 0.177 e. The van der Waals surface area contributed by atoms with Crippen molar-refractivity contribution in [2.45, 2.75) is 13.3 Å². The van der Waals surface area contributed by atoms with E-state index >= 15 is 0 Å². The molecule has 2 radical (unpaired) electrons. The maximum Gasteiger partial charge on any atom is 0.177 e. The molecule has 0 amide bonds. The van der Waals surface area contributed by atoms with Gasteiger partial charge in [0.25, 0.3) is 0 Å². The van der Waals surface area contributed by atoms with Crippen LogP contribution in [0.1, 0.15) is 13.3 Å². The Kier molecular flexibility index (Phi) is 6.97. The van der Waals surface area contributed by atoms with E-state index in [0.29, 0.717) is 6.61 Å². The third-order valence-corrected chi connectivity index (χ3v) is 0.739. The van der Waals surface area contributed by atoms with Crippen LogP contribution in [0.5, 0.6) is 0 Å². The highest BCUT2D eigenvalue weighted by Crippen LogP contribution is 1.76. The van der Waals surface area contributed by atoms with E-state index in [-0.39, 0.29) is 0 Å². The van der Waals surface area contributed by atoms with Crippen molar-refractivity contribution in [2.75, 3.05) is 19.8 Å². The molecule has 0 heterocycles. The molecule has 0 spiro atoms. The van der Waals surface area contributed by atoms with E-state index in [0.717, 1.165) is 19.6 Å². The standard InChI is InChI=1S/C5H12BNO/c1-2-4-8-5-3-7-6/h7H,2-5H2,1H3. The minimum atomic E-state index is 0.713. The molecule has 0 fully saturated rings. The topological polar surface area (TPSA) is 21.3 Å². The van der Waals surface area contributed by atoms with Gasteiger partial charge >= 0.3 is 0 Å². The lowest BCUT2D eigenvalue weighted by Gasteiger charge is -1.99. The Morgan fingerprint density at radius 3 is 2.75 bits per heavy atom. The van der Waals surface area contributed by atoms with Gasteiger partial charge in [-0.2, -0.15) is 0 Å². The van der Waals surface area contributed by atoms with Crippen molar-refractivity contribution in [2.24, 2.45) is 0 Å². The minimum Gasteiger partial charge on any atom is -0.380 e. The van der Waals surface area contributed by atoms with Crippen LogP contribution in [-0.4, -0.2) is 27.7 Å². The van der Waals surface area contributed by atoms with Crippen molar-refractivity contribution >= 4 is 7.98 Å². The third-order valence-electron chi connectivity index (χ3n) is 0.739. The lowest BCUT2D eigenvalue weighted by atomic mass is 10.4. The molecule has 1 N–H and O–H groups in total. The molecular weight excluding hydrogens is 101 g/mol. The van der Waals surface area contributed by atoms with E-state index in [2.05, 4.69) is 12.2 Å². The molecular formula is C5H12BNO. The van der Waals surface area contributed by atoms with Gasteiger partial charge in [0.1, 0.15) is 0 Å². The average molecular weight is 113 g/mol. The van der Waals surface area contributed by atoms with Crippen molar-refractivity contribution in [1.29, 1.82) is 0 Å². The number of hydrogen-bond acceptors (Lipinski definition) is 2. The summed E-state index contributed by atoms with van der Waals surface area (Å²) in [5, 5.41) is 2.50. The number of rotatable bonds is 5. The summed E-state index contributed by atoms with van der Waals surface area (Å²) in [6.07, 6.45) is 1.07. The molecule has 0 rings (SSSR count). The summed E-state index contributed by atoms with van der Waals surface area (Å²) in [5.74, 6) is 0. The van der Waals surface area contributed by atoms with Crippen LogP contribution in [0.25, 0.3) is 0 Å². The fourth-order valence-electron chi connectivity index (χ4n) is 0.377. The lowest BCUT2D eigenvalue weighted by Crippen LogP contribution is -2.15. The summed E-state index contributed by atoms with van der Waals surface area (Å²) in [4.78, 5) is 0. The van der Waals surface area contributed by atoms with Crippen molar-refractivity contribution in [3.63, 3.8) is 0 Å². The highest BCUT2D eigenvalue weighted by molar-refractivity contribution is 6.04. The van der Waals surface area contributed by atoms with Crippen LogP contribution in [0.4, 0.5) is 0 Å². The molecule has 0 aromatic rings. The number of nitrogens with one attached hydrogen (secondary N) is 1. The lowest BCUT2D eigenvalue weighted by molar-refractivity contribution is 0.140. The fraction of sp³-hybridized carbons (Fsp3) is 1.00. The van der Waals surface area contributed by atoms with Gasteiger partial charge in [-0.3, -0.25) is 0 Å². The van der Waals surface area contributed by atoms with Crippen LogP contribution in [-0.2, 0) is 4.74 Å². The Balaban J connectivity index is 2.53. The van der Waals surface area contributed by atoms with Crippen molar-refractivity contribution in [3.05, 3.63) is 0 Å². The highest BCUT2D eigenvalue weighted by atomic mass is 16.5. The van der Waals surface area contributed by atoms with E-state index < -0.39 is 0 Å². The summed E-state index contributed by atoms with van der Waals surface area (Å²) in [7, 11) is 4.98. The third kappa shape index (κ3) is 5.98. The fourth-order valence-corrected chi connectivity index (χ4v) is 0.377. The molecule has 8 heavy (non-hydrogen) atoms. The van der Waals surface area contributed by atoms with Gasteiger partial charge in [0.15, 0.2) is 7.98 Å². The largest absolute Gasteiger partial charge is 0.380 e. The van der Waals surface area contributed by atoms with Crippen LogP contribution >= 0.6 is 0 Å². The van der Waals surface area contributed by atoms with Crippen LogP contribution in [0.15, 0.2) is 0 Å². The van der Waals surface area contributed by atoms with Gasteiger partial charge in [0, 0.05) is 13.2 Å². The predicted octanol–water partition coefficient (Wildman–Crippen LogP) is 0.0861. The van der Waals surface area contributed by atoms with Gasteiger partial charge in [-0.05, 0) is 6.42 Å². The summed E-state index contributed by atoms with van der Waals surface area (Å²) >= 11 is 0. The first-order valence-electron chi connectivity index (χ1n) is 2.93. The summed E-state index contributed by atoms with van der Waals surface area (Å²) < 4.78 is 5.08. The molecule has 0 unspecified atom stereocenters. The maximum atomic E-state index is 5.08. The normalized spacial score (nSPS) is 9.62. The molecule has 0 aliphatic carbocycles. The maximum absolute atomic E-state index is 5.08. The first-order valence-corrected chi connectivity index (χ1v) is 2.93. The average Bonchev–Trinajstić information content (AvgIpc) is 1.81. The molecule has 0 saturated carbocycles. The molecule has 3 heteroatoms. The monoisotopic (exact) mass is 113 g/mol. The Bertz CT molecular complexity index is 37.4. The van der Waals surface area contributed by atoms with E-state index in [1.165, 1.54) is 0 Å². The van der Waals surface area contributed by atoms with Crippen LogP contribution in [0, 0.1) is 0 Å². The zero-order valence-corrected chi connectivity index (χ0v) is 5.31. The molecule has 0 bridgehead atoms. The summed E-state index contributed by atoms with van der Waals surface area (Å²) in [5.41, 5.74) is 0. The van der Waals surface area contributed by atoms with Crippen LogP contribution in [0.2, 0.25) is 0 Å².